The fraction of sp³-hybridized carbons (Fsp3) is 0.474. The number of hydrogen-bond donors (Lipinski definition) is 0. The average Bonchev–Trinajstić information content (AvgIpc) is 2.94. The zero-order valence-corrected chi connectivity index (χ0v) is 14.1. The molecule has 1 aromatic carbocycles. The molecule has 3 rings (SSSR count). The molecule has 1 unspecified atom stereocenters. The fourth-order valence-corrected chi connectivity index (χ4v) is 4.18. The highest BCUT2D eigenvalue weighted by Gasteiger charge is 2.49. The Morgan fingerprint density at radius 2 is 2.17 bits per heavy atom. The fourth-order valence-electron chi connectivity index (χ4n) is 3.91. The van der Waals surface area contributed by atoms with Gasteiger partial charge < -0.3 is 4.74 Å². The molecule has 23 heavy (non-hydrogen) atoms. The molecule has 0 radical (unpaired) electrons. The average molecular weight is 333 g/mol. The van der Waals surface area contributed by atoms with Gasteiger partial charge in [-0.1, -0.05) is 29.8 Å². The first-order chi connectivity index (χ1) is 11.1. The third-order valence-corrected chi connectivity index (χ3v) is 5.54. The second kappa shape index (κ2) is 6.48. The summed E-state index contributed by atoms with van der Waals surface area (Å²) in [5, 5.41) is 0.799. The minimum Gasteiger partial charge on any atom is -0.468 e. The van der Waals surface area contributed by atoms with Crippen molar-refractivity contribution in [2.75, 3.05) is 7.11 Å². The van der Waals surface area contributed by atoms with Gasteiger partial charge in [-0.15, -0.1) is 0 Å². The first-order valence-corrected chi connectivity index (χ1v) is 8.55. The molecule has 0 amide bonds. The standard InChI is InChI=1S/C19H21ClO3/c1-23-18(22)19(11-4-9-17(19)21)12-10-13-5-2-7-15-14(13)6-3-8-16(15)20/h3,5-6,8H,2,4,7,9-12H2,1H3. The van der Waals surface area contributed by atoms with Crippen molar-refractivity contribution in [3.63, 3.8) is 0 Å². The Morgan fingerprint density at radius 1 is 1.35 bits per heavy atom. The summed E-state index contributed by atoms with van der Waals surface area (Å²) in [5.41, 5.74) is 2.59. The molecular formula is C19H21ClO3. The molecule has 1 aromatic rings. The number of methoxy groups -OCH3 is 1. The van der Waals surface area contributed by atoms with Gasteiger partial charge in [0.25, 0.3) is 0 Å². The van der Waals surface area contributed by atoms with Gasteiger partial charge in [0.15, 0.2) is 0 Å². The van der Waals surface area contributed by atoms with Crippen molar-refractivity contribution < 1.29 is 14.3 Å². The largest absolute Gasteiger partial charge is 0.468 e. The molecule has 0 saturated heterocycles. The molecule has 1 atom stereocenters. The van der Waals surface area contributed by atoms with E-state index < -0.39 is 5.41 Å². The summed E-state index contributed by atoms with van der Waals surface area (Å²) < 4.78 is 4.94. The van der Waals surface area contributed by atoms with Crippen LogP contribution in [0.1, 0.15) is 49.7 Å². The highest BCUT2D eigenvalue weighted by Crippen LogP contribution is 2.43. The van der Waals surface area contributed by atoms with Gasteiger partial charge in [0.05, 0.1) is 7.11 Å². The van der Waals surface area contributed by atoms with Crippen LogP contribution >= 0.6 is 11.6 Å². The van der Waals surface area contributed by atoms with Crippen LogP contribution in [0.15, 0.2) is 24.3 Å². The SMILES string of the molecule is COC(=O)C1(CCC2=CCCc3c(Cl)cccc32)CCCC1=O. The lowest BCUT2D eigenvalue weighted by Crippen LogP contribution is -2.36. The van der Waals surface area contributed by atoms with E-state index in [0.717, 1.165) is 29.8 Å². The van der Waals surface area contributed by atoms with Crippen LogP contribution in [0, 0.1) is 5.41 Å². The summed E-state index contributed by atoms with van der Waals surface area (Å²) in [5.74, 6) is -0.338. The van der Waals surface area contributed by atoms with E-state index in [0.29, 0.717) is 25.7 Å². The molecule has 0 aliphatic heterocycles. The van der Waals surface area contributed by atoms with Gasteiger partial charge in [0.2, 0.25) is 0 Å². The van der Waals surface area contributed by atoms with Crippen LogP contribution in [0.5, 0.6) is 0 Å². The summed E-state index contributed by atoms with van der Waals surface area (Å²) in [7, 11) is 1.37. The van der Waals surface area contributed by atoms with Gasteiger partial charge in [-0.05, 0) is 61.3 Å². The van der Waals surface area contributed by atoms with Crippen LogP contribution in [0.25, 0.3) is 5.57 Å². The van der Waals surface area contributed by atoms with Crippen molar-refractivity contribution in [1.29, 1.82) is 0 Å². The maximum absolute atomic E-state index is 12.3. The van der Waals surface area contributed by atoms with Crippen molar-refractivity contribution in [2.45, 2.75) is 44.9 Å². The van der Waals surface area contributed by atoms with Crippen molar-refractivity contribution in [3.05, 3.63) is 40.4 Å². The van der Waals surface area contributed by atoms with E-state index in [9.17, 15) is 9.59 Å². The monoisotopic (exact) mass is 332 g/mol. The Labute approximate surface area is 141 Å². The van der Waals surface area contributed by atoms with Crippen molar-refractivity contribution >= 4 is 28.9 Å². The number of fused-ring (bicyclic) bond motifs is 1. The number of Topliss-reactive ketones (excluding diaryl/α,β-unsaturated/α-hetero) is 1. The molecule has 0 aromatic heterocycles. The lowest BCUT2D eigenvalue weighted by molar-refractivity contribution is -0.156. The number of allylic oxidation sites excluding steroid dienone is 2. The van der Waals surface area contributed by atoms with Gasteiger partial charge in [-0.25, -0.2) is 0 Å². The Kier molecular flexibility index (Phi) is 4.58. The molecule has 0 spiro atoms. The molecule has 122 valence electrons. The lowest BCUT2D eigenvalue weighted by atomic mass is 9.77. The highest BCUT2D eigenvalue weighted by atomic mass is 35.5. The number of rotatable bonds is 4. The molecule has 0 heterocycles. The predicted molar refractivity (Wildman–Crippen MR) is 90.3 cm³/mol. The molecule has 0 N–H and O–H groups in total. The molecule has 1 fully saturated rings. The molecular weight excluding hydrogens is 312 g/mol. The van der Waals surface area contributed by atoms with E-state index in [4.69, 9.17) is 16.3 Å². The Bertz CT molecular complexity index is 677. The lowest BCUT2D eigenvalue weighted by Gasteiger charge is -2.26. The Balaban J connectivity index is 1.83. The van der Waals surface area contributed by atoms with Crippen LogP contribution in [0.2, 0.25) is 5.02 Å². The third kappa shape index (κ3) is 2.83. The number of carbonyl (C=O) groups is 2. The van der Waals surface area contributed by atoms with Crippen molar-refractivity contribution in [3.8, 4) is 0 Å². The molecule has 4 heteroatoms. The minimum atomic E-state index is -0.939. The quantitative estimate of drug-likeness (QED) is 0.607. The zero-order chi connectivity index (χ0) is 16.4. The number of carbonyl (C=O) groups excluding carboxylic acids is 2. The van der Waals surface area contributed by atoms with Crippen LogP contribution in [-0.2, 0) is 20.7 Å². The number of hydrogen-bond acceptors (Lipinski definition) is 3. The van der Waals surface area contributed by atoms with E-state index in [2.05, 4.69) is 12.1 Å². The second-order valence-corrected chi connectivity index (χ2v) is 6.79. The Morgan fingerprint density at radius 3 is 2.87 bits per heavy atom. The van der Waals surface area contributed by atoms with Crippen LogP contribution in [0.3, 0.4) is 0 Å². The van der Waals surface area contributed by atoms with Gasteiger partial charge in [0.1, 0.15) is 11.2 Å². The third-order valence-electron chi connectivity index (χ3n) is 5.19. The summed E-state index contributed by atoms with van der Waals surface area (Å²) >= 11 is 6.30. The second-order valence-electron chi connectivity index (χ2n) is 6.38. The smallest absolute Gasteiger partial charge is 0.319 e. The molecule has 2 aliphatic rings. The summed E-state index contributed by atoms with van der Waals surface area (Å²) in [6.07, 6.45) is 7.19. The first kappa shape index (κ1) is 16.3. The van der Waals surface area contributed by atoms with Crippen LogP contribution < -0.4 is 0 Å². The number of benzene rings is 1. The van der Waals surface area contributed by atoms with Gasteiger partial charge in [-0.3, -0.25) is 9.59 Å². The van der Waals surface area contributed by atoms with Gasteiger partial charge in [-0.2, -0.15) is 0 Å². The van der Waals surface area contributed by atoms with Crippen molar-refractivity contribution in [1.82, 2.24) is 0 Å². The molecule has 0 bridgehead atoms. The maximum Gasteiger partial charge on any atom is 0.319 e. The summed E-state index contributed by atoms with van der Waals surface area (Å²) in [6, 6.07) is 5.95. The van der Waals surface area contributed by atoms with E-state index in [1.54, 1.807) is 0 Å². The van der Waals surface area contributed by atoms with Crippen LogP contribution in [-0.4, -0.2) is 18.9 Å². The van der Waals surface area contributed by atoms with E-state index in [1.165, 1.54) is 18.2 Å². The molecule has 3 nitrogen and oxygen atoms in total. The number of esters is 1. The predicted octanol–water partition coefficient (Wildman–Crippen LogP) is 4.36. The summed E-state index contributed by atoms with van der Waals surface area (Å²) in [4.78, 5) is 24.6. The van der Waals surface area contributed by atoms with E-state index in [-0.39, 0.29) is 11.8 Å². The van der Waals surface area contributed by atoms with E-state index >= 15 is 0 Å². The van der Waals surface area contributed by atoms with Gasteiger partial charge >= 0.3 is 5.97 Å². The Hall–Kier alpha value is -1.61. The van der Waals surface area contributed by atoms with E-state index in [1.807, 2.05) is 12.1 Å². The number of ketones is 1. The normalized spacial score (nSPS) is 23.4. The minimum absolute atomic E-state index is 0.0343. The highest BCUT2D eigenvalue weighted by molar-refractivity contribution is 6.31. The zero-order valence-electron chi connectivity index (χ0n) is 13.4. The van der Waals surface area contributed by atoms with Crippen molar-refractivity contribution in [2.24, 2.45) is 5.41 Å². The molecule has 1 saturated carbocycles. The topological polar surface area (TPSA) is 43.4 Å². The van der Waals surface area contributed by atoms with Crippen LogP contribution in [0.4, 0.5) is 0 Å². The molecule has 2 aliphatic carbocycles. The number of halogens is 1. The summed E-state index contributed by atoms with van der Waals surface area (Å²) in [6.45, 7) is 0. The maximum atomic E-state index is 12.3. The van der Waals surface area contributed by atoms with Gasteiger partial charge in [0, 0.05) is 11.4 Å². The number of ether oxygens (including phenoxy) is 1. The first-order valence-electron chi connectivity index (χ1n) is 8.17.